The Balaban J connectivity index is 1.45. The van der Waals surface area contributed by atoms with Crippen LogP contribution in [0.25, 0.3) is 11.4 Å². The zero-order chi connectivity index (χ0) is 27.1. The zero-order valence-electron chi connectivity index (χ0n) is 22.4. The van der Waals surface area contributed by atoms with Gasteiger partial charge in [0.15, 0.2) is 15.7 Å². The third-order valence-corrected chi connectivity index (χ3v) is 8.84. The van der Waals surface area contributed by atoms with Crippen molar-refractivity contribution in [2.45, 2.75) is 57.4 Å². The summed E-state index contributed by atoms with van der Waals surface area (Å²) in [5.74, 6) is 0.590. The van der Waals surface area contributed by atoms with Crippen LogP contribution in [0.1, 0.15) is 51.4 Å². The number of benzene rings is 1. The van der Waals surface area contributed by atoms with Crippen LogP contribution < -0.4 is 5.32 Å². The smallest absolute Gasteiger partial charge is 0.227 e. The van der Waals surface area contributed by atoms with Gasteiger partial charge in [0.2, 0.25) is 5.95 Å². The zero-order valence-corrected chi connectivity index (χ0v) is 23.2. The fourth-order valence-corrected chi connectivity index (χ4v) is 6.17. The molecule has 3 heterocycles. The predicted molar refractivity (Wildman–Crippen MR) is 146 cm³/mol. The molecule has 3 aromatic rings. The number of aromatic nitrogens is 4. The monoisotopic (exact) mass is 544 g/mol. The fourth-order valence-electron chi connectivity index (χ4n) is 4.80. The van der Waals surface area contributed by atoms with Crippen LogP contribution in [0.5, 0.6) is 0 Å². The molecule has 38 heavy (non-hydrogen) atoms. The Morgan fingerprint density at radius 1 is 1.08 bits per heavy atom. The maximum absolute atomic E-state index is 14.9. The fraction of sp³-hybridized carbons (Fsp3) is 0.519. The number of anilines is 2. The summed E-state index contributed by atoms with van der Waals surface area (Å²) in [5, 5.41) is 3.06. The average molecular weight is 545 g/mol. The Morgan fingerprint density at radius 3 is 2.47 bits per heavy atom. The first-order valence-corrected chi connectivity index (χ1v) is 14.9. The molecule has 0 amide bonds. The second-order valence-corrected chi connectivity index (χ2v) is 11.6. The molecule has 0 bridgehead atoms. The van der Waals surface area contributed by atoms with Crippen molar-refractivity contribution in [2.24, 2.45) is 0 Å². The van der Waals surface area contributed by atoms with Gasteiger partial charge in [0.1, 0.15) is 11.5 Å². The number of halogens is 1. The van der Waals surface area contributed by atoms with Gasteiger partial charge in [0.25, 0.3) is 0 Å². The molecule has 4 rings (SSSR count). The van der Waals surface area contributed by atoms with E-state index in [0.29, 0.717) is 31.0 Å². The molecule has 2 aromatic heterocycles. The summed E-state index contributed by atoms with van der Waals surface area (Å²) in [5.41, 5.74) is 1.37. The molecule has 1 fully saturated rings. The van der Waals surface area contributed by atoms with Crippen LogP contribution in [0.4, 0.5) is 16.0 Å². The van der Waals surface area contributed by atoms with E-state index in [0.717, 1.165) is 50.9 Å². The van der Waals surface area contributed by atoms with Gasteiger partial charge < -0.3 is 19.5 Å². The van der Waals surface area contributed by atoms with E-state index in [1.54, 1.807) is 30.5 Å². The number of unbranched alkanes of at least 4 members (excludes halogenated alkanes) is 1. The molecule has 1 aliphatic rings. The van der Waals surface area contributed by atoms with Gasteiger partial charge in [-0.2, -0.15) is 0 Å². The van der Waals surface area contributed by atoms with Crippen LogP contribution in [-0.2, 0) is 14.6 Å². The SMILES string of the molecule is CCN(CC)CCCCS(=O)(=O)c1ccc(Nc2ncc(F)c(-c3cnc(C)n3C3CCOCC3)n2)cc1. The minimum absolute atomic E-state index is 0.117. The van der Waals surface area contributed by atoms with Crippen LogP contribution in [0, 0.1) is 12.7 Å². The van der Waals surface area contributed by atoms with E-state index < -0.39 is 15.7 Å². The molecule has 0 aliphatic carbocycles. The highest BCUT2D eigenvalue weighted by Crippen LogP contribution is 2.31. The van der Waals surface area contributed by atoms with Crippen molar-refractivity contribution < 1.29 is 17.5 Å². The maximum Gasteiger partial charge on any atom is 0.227 e. The Kier molecular flexibility index (Phi) is 9.45. The number of nitrogens with zero attached hydrogens (tertiary/aromatic N) is 5. The van der Waals surface area contributed by atoms with Crippen molar-refractivity contribution in [2.75, 3.05) is 43.9 Å². The topological polar surface area (TPSA) is 102 Å². The summed E-state index contributed by atoms with van der Waals surface area (Å²) >= 11 is 0. The molecule has 1 saturated heterocycles. The quantitative estimate of drug-likeness (QED) is 0.325. The number of imidazole rings is 1. The third kappa shape index (κ3) is 6.75. The summed E-state index contributed by atoms with van der Waals surface area (Å²) in [6.45, 7) is 10.3. The van der Waals surface area contributed by atoms with Gasteiger partial charge in [0, 0.05) is 24.9 Å². The van der Waals surface area contributed by atoms with Crippen LogP contribution in [0.2, 0.25) is 0 Å². The second-order valence-electron chi connectivity index (χ2n) is 9.50. The number of hydrogen-bond acceptors (Lipinski definition) is 8. The van der Waals surface area contributed by atoms with Crippen LogP contribution in [0.3, 0.4) is 0 Å². The highest BCUT2D eigenvalue weighted by molar-refractivity contribution is 7.91. The van der Waals surface area contributed by atoms with E-state index in [-0.39, 0.29) is 28.3 Å². The van der Waals surface area contributed by atoms with E-state index in [1.807, 2.05) is 11.5 Å². The van der Waals surface area contributed by atoms with Gasteiger partial charge in [-0.15, -0.1) is 0 Å². The van der Waals surface area contributed by atoms with Crippen LogP contribution >= 0.6 is 0 Å². The molecule has 206 valence electrons. The molecule has 0 atom stereocenters. The summed E-state index contributed by atoms with van der Waals surface area (Å²) in [7, 11) is -3.37. The molecule has 0 saturated carbocycles. The van der Waals surface area contributed by atoms with Crippen molar-refractivity contribution >= 4 is 21.5 Å². The highest BCUT2D eigenvalue weighted by Gasteiger charge is 2.24. The number of sulfone groups is 1. The summed E-state index contributed by atoms with van der Waals surface area (Å²) in [6, 6.07) is 6.67. The molecular weight excluding hydrogens is 507 g/mol. The molecule has 1 N–H and O–H groups in total. The van der Waals surface area contributed by atoms with Gasteiger partial charge in [-0.05, 0) is 76.5 Å². The molecule has 11 heteroatoms. The first kappa shape index (κ1) is 28.1. The van der Waals surface area contributed by atoms with Crippen molar-refractivity contribution in [3.05, 3.63) is 48.3 Å². The summed E-state index contributed by atoms with van der Waals surface area (Å²) in [4.78, 5) is 15.5. The first-order valence-electron chi connectivity index (χ1n) is 13.3. The predicted octanol–water partition coefficient (Wildman–Crippen LogP) is 4.78. The second kappa shape index (κ2) is 12.8. The molecule has 9 nitrogen and oxygen atoms in total. The van der Waals surface area contributed by atoms with E-state index in [2.05, 4.69) is 39.0 Å². The summed E-state index contributed by atoms with van der Waals surface area (Å²) in [6.07, 6.45) is 5.90. The Labute approximate surface area is 224 Å². The lowest BCUT2D eigenvalue weighted by Crippen LogP contribution is -2.24. The van der Waals surface area contributed by atoms with Crippen molar-refractivity contribution in [1.29, 1.82) is 0 Å². The lowest BCUT2D eigenvalue weighted by molar-refractivity contribution is 0.0694. The first-order chi connectivity index (χ1) is 18.3. The molecule has 1 aliphatic heterocycles. The van der Waals surface area contributed by atoms with Gasteiger partial charge in [-0.3, -0.25) is 0 Å². The van der Waals surface area contributed by atoms with E-state index in [4.69, 9.17) is 4.74 Å². The normalized spacial score (nSPS) is 14.8. The van der Waals surface area contributed by atoms with Gasteiger partial charge >= 0.3 is 0 Å². The van der Waals surface area contributed by atoms with Crippen LogP contribution in [-0.4, -0.2) is 71.4 Å². The third-order valence-electron chi connectivity index (χ3n) is 7.03. The number of rotatable bonds is 12. The largest absolute Gasteiger partial charge is 0.381 e. The molecule has 0 unspecified atom stereocenters. The number of aryl methyl sites for hydroxylation is 1. The van der Waals surface area contributed by atoms with Gasteiger partial charge in [0.05, 0.1) is 28.7 Å². The average Bonchev–Trinajstić information content (AvgIpc) is 3.31. The Hall–Kier alpha value is -2.89. The Morgan fingerprint density at radius 2 is 1.79 bits per heavy atom. The van der Waals surface area contributed by atoms with E-state index in [1.165, 1.54) is 0 Å². The van der Waals surface area contributed by atoms with E-state index >= 15 is 0 Å². The lowest BCUT2D eigenvalue weighted by atomic mass is 10.1. The maximum atomic E-state index is 14.9. The minimum Gasteiger partial charge on any atom is -0.381 e. The molecular formula is C27H37FN6O3S. The van der Waals surface area contributed by atoms with Crippen molar-refractivity contribution in [3.63, 3.8) is 0 Å². The van der Waals surface area contributed by atoms with Crippen molar-refractivity contribution in [1.82, 2.24) is 24.4 Å². The summed E-state index contributed by atoms with van der Waals surface area (Å²) < 4.78 is 47.9. The molecule has 0 radical (unpaired) electrons. The number of hydrogen-bond donors (Lipinski definition) is 1. The lowest BCUT2D eigenvalue weighted by Gasteiger charge is -2.26. The molecule has 1 aromatic carbocycles. The number of nitrogens with one attached hydrogen (secondary N) is 1. The van der Waals surface area contributed by atoms with Gasteiger partial charge in [-0.25, -0.2) is 27.8 Å². The number of ether oxygens (including phenoxy) is 1. The van der Waals surface area contributed by atoms with Crippen molar-refractivity contribution in [3.8, 4) is 11.4 Å². The standard InChI is InChI=1S/C27H37FN6O3S/c1-4-33(5-2)14-6-7-17-38(35,36)23-10-8-21(9-11-23)31-27-30-18-24(28)26(32-27)25-19-29-20(3)34(25)22-12-15-37-16-13-22/h8-11,18-19,22H,4-7,12-17H2,1-3H3,(H,30,31,32). The van der Waals surface area contributed by atoms with Crippen LogP contribution in [0.15, 0.2) is 41.6 Å². The molecule has 0 spiro atoms. The minimum atomic E-state index is -3.37. The van der Waals surface area contributed by atoms with E-state index in [9.17, 15) is 12.8 Å². The Bertz CT molecular complexity index is 1300. The highest BCUT2D eigenvalue weighted by atomic mass is 32.2. The van der Waals surface area contributed by atoms with Gasteiger partial charge in [-0.1, -0.05) is 13.8 Å².